The van der Waals surface area contributed by atoms with E-state index in [4.69, 9.17) is 17.3 Å². The molecule has 2 aliphatic rings. The van der Waals surface area contributed by atoms with Crippen LogP contribution in [0.4, 0.5) is 0 Å². The topological polar surface area (TPSA) is 29.3 Å². The number of nitrogens with zero attached hydrogens (tertiary/aromatic N) is 1. The molecule has 3 heteroatoms. The molecule has 18 heavy (non-hydrogen) atoms. The quantitative estimate of drug-likeness (QED) is 0.888. The summed E-state index contributed by atoms with van der Waals surface area (Å²) in [5.41, 5.74) is 7.39. The molecule has 2 aliphatic heterocycles. The van der Waals surface area contributed by atoms with E-state index >= 15 is 0 Å². The number of benzene rings is 1. The normalized spacial score (nSPS) is 33.6. The molecule has 3 atom stereocenters. The molecule has 2 fully saturated rings. The highest BCUT2D eigenvalue weighted by atomic mass is 35.5. The number of halogens is 1. The van der Waals surface area contributed by atoms with Gasteiger partial charge in [0.25, 0.3) is 0 Å². The molecule has 2 bridgehead atoms. The molecule has 2 saturated heterocycles. The zero-order valence-corrected chi connectivity index (χ0v) is 11.6. The van der Waals surface area contributed by atoms with Gasteiger partial charge in [0, 0.05) is 29.2 Å². The third-order valence-electron chi connectivity index (χ3n) is 4.63. The Morgan fingerprint density at radius 2 is 1.83 bits per heavy atom. The lowest BCUT2D eigenvalue weighted by atomic mass is 9.94. The van der Waals surface area contributed by atoms with E-state index in [1.54, 1.807) is 0 Å². The second kappa shape index (κ2) is 4.84. The maximum absolute atomic E-state index is 6.33. The fraction of sp³-hybridized carbons (Fsp3) is 0.600. The monoisotopic (exact) mass is 264 g/mol. The molecule has 1 aromatic carbocycles. The van der Waals surface area contributed by atoms with Crippen molar-refractivity contribution in [3.8, 4) is 0 Å². The van der Waals surface area contributed by atoms with E-state index in [9.17, 15) is 0 Å². The Morgan fingerprint density at radius 1 is 1.22 bits per heavy atom. The summed E-state index contributed by atoms with van der Waals surface area (Å²) in [6.07, 6.45) is 4.89. The first-order valence-electron chi connectivity index (χ1n) is 6.94. The first-order chi connectivity index (χ1) is 8.66. The average molecular weight is 265 g/mol. The van der Waals surface area contributed by atoms with Crippen molar-refractivity contribution in [3.63, 3.8) is 0 Å². The van der Waals surface area contributed by atoms with Gasteiger partial charge in [0.05, 0.1) is 0 Å². The zero-order valence-electron chi connectivity index (χ0n) is 10.8. The van der Waals surface area contributed by atoms with Gasteiger partial charge in [-0.2, -0.15) is 0 Å². The van der Waals surface area contributed by atoms with Crippen molar-refractivity contribution in [2.24, 2.45) is 5.73 Å². The van der Waals surface area contributed by atoms with Crippen molar-refractivity contribution in [3.05, 3.63) is 34.9 Å². The van der Waals surface area contributed by atoms with Gasteiger partial charge in [0.2, 0.25) is 0 Å². The summed E-state index contributed by atoms with van der Waals surface area (Å²) in [5, 5.41) is 0.888. The average Bonchev–Trinajstić information content (AvgIpc) is 2.61. The van der Waals surface area contributed by atoms with E-state index in [1.807, 2.05) is 12.1 Å². The van der Waals surface area contributed by atoms with E-state index in [1.165, 1.54) is 18.4 Å². The van der Waals surface area contributed by atoms with Gasteiger partial charge >= 0.3 is 0 Å². The number of nitrogens with two attached hydrogens (primary N) is 1. The summed E-state index contributed by atoms with van der Waals surface area (Å²) < 4.78 is 0. The van der Waals surface area contributed by atoms with Crippen LogP contribution in [0.15, 0.2) is 24.3 Å². The van der Waals surface area contributed by atoms with Gasteiger partial charge < -0.3 is 5.73 Å². The van der Waals surface area contributed by atoms with Crippen LogP contribution < -0.4 is 5.73 Å². The summed E-state index contributed by atoms with van der Waals surface area (Å²) in [4.78, 5) is 2.66. The van der Waals surface area contributed by atoms with Crippen LogP contribution in [0.25, 0.3) is 0 Å². The molecule has 3 rings (SSSR count). The molecule has 0 amide bonds. The zero-order chi connectivity index (χ0) is 12.7. The molecule has 0 aromatic heterocycles. The number of rotatable bonds is 2. The molecule has 0 aliphatic carbocycles. The molecule has 0 spiro atoms. The van der Waals surface area contributed by atoms with Crippen molar-refractivity contribution < 1.29 is 0 Å². The van der Waals surface area contributed by atoms with E-state index in [2.05, 4.69) is 24.0 Å². The lowest BCUT2D eigenvalue weighted by molar-refractivity contribution is 0.0854. The van der Waals surface area contributed by atoms with Crippen molar-refractivity contribution in [2.75, 3.05) is 0 Å². The van der Waals surface area contributed by atoms with Crippen LogP contribution in [-0.4, -0.2) is 23.0 Å². The molecule has 2 nitrogen and oxygen atoms in total. The summed E-state index contributed by atoms with van der Waals surface area (Å²) in [6.45, 7) is 2.28. The number of hydrogen-bond donors (Lipinski definition) is 1. The highest BCUT2D eigenvalue weighted by molar-refractivity contribution is 6.31. The minimum Gasteiger partial charge on any atom is -0.328 e. The molecular weight excluding hydrogens is 244 g/mol. The second-order valence-corrected chi connectivity index (χ2v) is 6.17. The number of fused-ring (bicyclic) bond motifs is 2. The number of piperidine rings is 1. The second-order valence-electron chi connectivity index (χ2n) is 5.76. The number of hydrogen-bond acceptors (Lipinski definition) is 2. The van der Waals surface area contributed by atoms with Gasteiger partial charge in [0.1, 0.15) is 0 Å². The van der Waals surface area contributed by atoms with Gasteiger partial charge in [-0.05, 0) is 44.2 Å². The smallest absolute Gasteiger partial charge is 0.0453 e. The fourth-order valence-corrected chi connectivity index (χ4v) is 4.16. The Labute approximate surface area is 114 Å². The van der Waals surface area contributed by atoms with Crippen LogP contribution in [0.5, 0.6) is 0 Å². The minimum atomic E-state index is 0.400. The maximum Gasteiger partial charge on any atom is 0.0453 e. The van der Waals surface area contributed by atoms with Gasteiger partial charge in [-0.25, -0.2) is 0 Å². The summed E-state index contributed by atoms with van der Waals surface area (Å²) in [5.74, 6) is 0. The molecule has 0 radical (unpaired) electrons. The first-order valence-corrected chi connectivity index (χ1v) is 7.32. The SMILES string of the molecule is CC(c1ccccc1Cl)N1C2CCC1CC(N)C2. The predicted octanol–water partition coefficient (Wildman–Crippen LogP) is 3.36. The van der Waals surface area contributed by atoms with Crippen LogP contribution in [0.3, 0.4) is 0 Å². The van der Waals surface area contributed by atoms with Crippen LogP contribution in [0.1, 0.15) is 44.2 Å². The van der Waals surface area contributed by atoms with Crippen molar-refractivity contribution in [1.82, 2.24) is 4.90 Å². The van der Waals surface area contributed by atoms with Crippen LogP contribution in [-0.2, 0) is 0 Å². The van der Waals surface area contributed by atoms with Crippen LogP contribution >= 0.6 is 11.6 Å². The van der Waals surface area contributed by atoms with E-state index in [-0.39, 0.29) is 0 Å². The Hall–Kier alpha value is -0.570. The third kappa shape index (κ3) is 2.07. The maximum atomic E-state index is 6.33. The molecular formula is C15H21ClN2. The Morgan fingerprint density at radius 3 is 2.44 bits per heavy atom. The van der Waals surface area contributed by atoms with Crippen molar-refractivity contribution in [2.45, 2.75) is 56.8 Å². The summed E-state index contributed by atoms with van der Waals surface area (Å²) in [7, 11) is 0. The highest BCUT2D eigenvalue weighted by Crippen LogP contribution is 2.42. The standard InChI is InChI=1S/C15H21ClN2/c1-10(14-4-2-3-5-15(14)16)18-12-6-7-13(18)9-11(17)8-12/h2-5,10-13H,6-9,17H2,1H3. The van der Waals surface area contributed by atoms with E-state index < -0.39 is 0 Å². The van der Waals surface area contributed by atoms with E-state index in [0.29, 0.717) is 24.2 Å². The highest BCUT2D eigenvalue weighted by Gasteiger charge is 2.42. The van der Waals surface area contributed by atoms with Gasteiger partial charge in [-0.3, -0.25) is 4.90 Å². The van der Waals surface area contributed by atoms with Gasteiger partial charge in [-0.15, -0.1) is 0 Å². The molecule has 2 N–H and O–H groups in total. The minimum absolute atomic E-state index is 0.400. The van der Waals surface area contributed by atoms with Crippen molar-refractivity contribution in [1.29, 1.82) is 0 Å². The molecule has 2 heterocycles. The Bertz CT molecular complexity index is 420. The van der Waals surface area contributed by atoms with Gasteiger partial charge in [0.15, 0.2) is 0 Å². The third-order valence-corrected chi connectivity index (χ3v) is 4.97. The Balaban J connectivity index is 1.86. The largest absolute Gasteiger partial charge is 0.328 e. The lowest BCUT2D eigenvalue weighted by Crippen LogP contribution is -2.48. The van der Waals surface area contributed by atoms with Crippen LogP contribution in [0, 0.1) is 0 Å². The lowest BCUT2D eigenvalue weighted by Gasteiger charge is -2.42. The van der Waals surface area contributed by atoms with E-state index in [0.717, 1.165) is 17.9 Å². The fourth-order valence-electron chi connectivity index (χ4n) is 3.86. The molecule has 3 unspecified atom stereocenters. The Kier molecular flexibility index (Phi) is 3.35. The molecule has 1 aromatic rings. The van der Waals surface area contributed by atoms with Gasteiger partial charge in [-0.1, -0.05) is 29.8 Å². The first kappa shape index (κ1) is 12.5. The molecule has 98 valence electrons. The predicted molar refractivity (Wildman–Crippen MR) is 75.7 cm³/mol. The van der Waals surface area contributed by atoms with Crippen molar-refractivity contribution >= 4 is 11.6 Å². The van der Waals surface area contributed by atoms with Crippen LogP contribution in [0.2, 0.25) is 5.02 Å². The molecule has 0 saturated carbocycles. The summed E-state index contributed by atoms with van der Waals surface area (Å²) >= 11 is 6.33. The summed E-state index contributed by atoms with van der Waals surface area (Å²) in [6, 6.07) is 10.3.